The van der Waals surface area contributed by atoms with Gasteiger partial charge in [0.05, 0.1) is 0 Å². The predicted molar refractivity (Wildman–Crippen MR) is 156 cm³/mol. The fourth-order valence-corrected chi connectivity index (χ4v) is 7.57. The molecule has 2 rings (SSSR count). The molecule has 233 valence electrons. The average molecular weight is 605 g/mol. The molecule has 2 saturated heterocycles. The van der Waals surface area contributed by atoms with Gasteiger partial charge >= 0.3 is 254 Å². The van der Waals surface area contributed by atoms with Crippen molar-refractivity contribution >= 4 is 10.2 Å². The average Bonchev–Trinajstić information content (AvgIpc) is 2.87. The molecule has 0 aromatic carbocycles. The summed E-state index contributed by atoms with van der Waals surface area (Å²) in [5.41, 5.74) is -1.86. The molecule has 0 spiro atoms. The molecular weight excluding hydrogens is 545 g/mol. The Bertz CT molecular complexity index is 862. The van der Waals surface area contributed by atoms with Crippen LogP contribution in [0, 0.1) is 40.9 Å². The topological polar surface area (TPSA) is 88.5 Å². The first kappa shape index (κ1) is 35.9. The van der Waals surface area contributed by atoms with Crippen molar-refractivity contribution in [1.29, 1.82) is 0 Å². The summed E-state index contributed by atoms with van der Waals surface area (Å²) in [6, 6.07) is 0.294. The van der Waals surface area contributed by atoms with Gasteiger partial charge in [0, 0.05) is 0 Å². The molecule has 0 unspecified atom stereocenters. The van der Waals surface area contributed by atoms with Crippen molar-refractivity contribution in [2.75, 3.05) is 14.1 Å². The van der Waals surface area contributed by atoms with E-state index in [-0.39, 0.29) is 41.7 Å². The maximum atomic E-state index is 13.5. The van der Waals surface area contributed by atoms with E-state index in [1.165, 1.54) is 0 Å². The van der Waals surface area contributed by atoms with E-state index in [1.807, 2.05) is 48.5 Å². The van der Waals surface area contributed by atoms with E-state index in [2.05, 4.69) is 63.7 Å². The van der Waals surface area contributed by atoms with E-state index in [4.69, 9.17) is 14.2 Å². The molecular formula is C32H59NO6V. The van der Waals surface area contributed by atoms with Crippen molar-refractivity contribution in [1.82, 2.24) is 4.90 Å². The van der Waals surface area contributed by atoms with E-state index in [0.717, 1.165) is 10.6 Å². The third-order valence-electron chi connectivity index (χ3n) is 10.4. The van der Waals surface area contributed by atoms with Gasteiger partial charge in [-0.1, -0.05) is 0 Å². The Morgan fingerprint density at radius 3 is 2.10 bits per heavy atom. The van der Waals surface area contributed by atoms with Gasteiger partial charge in [0.25, 0.3) is 0 Å². The normalized spacial score (nSPS) is 46.1. The molecule has 0 bridgehead atoms. The number of carbonyl (C=O) groups excluding carboxylic acids is 1. The zero-order chi connectivity index (χ0) is 30.9. The number of hydrogen-bond donors (Lipinski definition) is 2. The summed E-state index contributed by atoms with van der Waals surface area (Å²) < 4.78 is 20.4. The summed E-state index contributed by atoms with van der Waals surface area (Å²) in [5.74, 6) is -1.05. The molecule has 0 aromatic heterocycles. The van der Waals surface area contributed by atoms with Crippen LogP contribution in [0.25, 0.3) is 0 Å². The van der Waals surface area contributed by atoms with Crippen LogP contribution in [-0.4, -0.2) is 81.8 Å². The van der Waals surface area contributed by atoms with Crippen LogP contribution < -0.4 is 0 Å². The molecule has 2 N–H and O–H groups in total. The molecule has 7 nitrogen and oxygen atoms in total. The van der Waals surface area contributed by atoms with Gasteiger partial charge < -0.3 is 0 Å². The Balaban J connectivity index is 2.55. The second-order valence-electron chi connectivity index (χ2n) is 14.3. The van der Waals surface area contributed by atoms with Gasteiger partial charge in [-0.25, -0.2) is 0 Å². The van der Waals surface area contributed by atoms with E-state index < -0.39 is 41.5 Å². The minimum atomic E-state index is -1.21. The minimum absolute atomic E-state index is 0.00481. The number of esters is 1. The molecule has 2 fully saturated rings. The van der Waals surface area contributed by atoms with Gasteiger partial charge in [-0.05, 0) is 0 Å². The van der Waals surface area contributed by atoms with Crippen LogP contribution >= 0.6 is 0 Å². The zero-order valence-electron chi connectivity index (χ0n) is 27.5. The number of carbonyl (C=O) groups is 1. The molecule has 0 aromatic rings. The first-order valence-electron chi connectivity index (χ1n) is 15.4. The molecule has 2 aliphatic rings. The Hall–Kier alpha value is -0.276. The van der Waals surface area contributed by atoms with Crippen molar-refractivity contribution in [3.8, 4) is 0 Å². The van der Waals surface area contributed by atoms with Gasteiger partial charge in [0.15, 0.2) is 0 Å². The second-order valence-corrected chi connectivity index (χ2v) is 15.1. The van der Waals surface area contributed by atoms with Crippen molar-refractivity contribution in [2.24, 2.45) is 40.9 Å². The van der Waals surface area contributed by atoms with Crippen molar-refractivity contribution in [3.63, 3.8) is 0 Å². The fraction of sp³-hybridized carbons (Fsp3) is 0.938. The van der Waals surface area contributed by atoms with Gasteiger partial charge in [0.2, 0.25) is 0 Å². The van der Waals surface area contributed by atoms with E-state index in [0.29, 0.717) is 18.9 Å². The Kier molecular flexibility index (Phi) is 12.6. The van der Waals surface area contributed by atoms with Crippen molar-refractivity contribution in [3.05, 3.63) is 0 Å². The van der Waals surface area contributed by atoms with Crippen molar-refractivity contribution in [2.45, 2.75) is 138 Å². The molecule has 0 saturated carbocycles. The summed E-state index contributed by atoms with van der Waals surface area (Å²) in [6.07, 6.45) is -0.182. The Labute approximate surface area is 253 Å². The number of nitrogens with zero attached hydrogens (tertiary/aromatic N) is 1. The summed E-state index contributed by atoms with van der Waals surface area (Å²) in [6.45, 7) is 22.2. The van der Waals surface area contributed by atoms with E-state index in [9.17, 15) is 15.0 Å². The first-order chi connectivity index (χ1) is 18.3. The van der Waals surface area contributed by atoms with Crippen LogP contribution in [0.5, 0.6) is 0 Å². The van der Waals surface area contributed by atoms with Gasteiger partial charge in [-0.15, -0.1) is 0 Å². The number of ether oxygens (including phenoxy) is 3. The van der Waals surface area contributed by atoms with Crippen LogP contribution in [0.2, 0.25) is 0 Å². The second kappa shape index (κ2) is 14.0. The quantitative estimate of drug-likeness (QED) is 0.445. The molecule has 0 radical (unpaired) electrons. The third-order valence-corrected chi connectivity index (χ3v) is 11.7. The molecule has 0 amide bonds. The third kappa shape index (κ3) is 7.81. The van der Waals surface area contributed by atoms with E-state index >= 15 is 0 Å². The molecule has 40 heavy (non-hydrogen) atoms. The SMILES string of the molecule is CC[C@H]1OC(=O)[C@H](C)[C@@H](C)[C@H](C)[C@@H](O[C@@H]2O[C@H](C)C[C@H](N(C)C)[C@H]2C)[C@@](C)(O)C[C@@H](C)[C](=[V])[C@H](C)[C@@H](O)C1(C)C. The van der Waals surface area contributed by atoms with Gasteiger partial charge in [0.1, 0.15) is 0 Å². The fourth-order valence-electron chi connectivity index (χ4n) is 7.20. The number of aliphatic hydroxyl groups excluding tert-OH is 1. The molecule has 0 aliphatic carbocycles. The summed E-state index contributed by atoms with van der Waals surface area (Å²) in [5, 5.41) is 23.7. The number of rotatable bonds is 4. The van der Waals surface area contributed by atoms with Crippen LogP contribution in [0.15, 0.2) is 0 Å². The molecule has 13 atom stereocenters. The van der Waals surface area contributed by atoms with Crippen LogP contribution in [-0.2, 0) is 36.0 Å². The summed E-state index contributed by atoms with van der Waals surface area (Å²) in [7, 11) is 4.18. The Morgan fingerprint density at radius 2 is 1.57 bits per heavy atom. The number of aliphatic hydroxyl groups is 2. The Morgan fingerprint density at radius 1 is 1.00 bits per heavy atom. The summed E-state index contributed by atoms with van der Waals surface area (Å²) in [4.78, 5) is 15.8. The summed E-state index contributed by atoms with van der Waals surface area (Å²) >= 11 is 2.65. The molecule has 2 heterocycles. The monoisotopic (exact) mass is 604 g/mol. The van der Waals surface area contributed by atoms with E-state index in [1.54, 1.807) is 0 Å². The number of cyclic esters (lactones) is 1. The van der Waals surface area contributed by atoms with Crippen LogP contribution in [0.3, 0.4) is 0 Å². The van der Waals surface area contributed by atoms with Gasteiger partial charge in [-0.2, -0.15) is 0 Å². The molecule has 8 heteroatoms. The zero-order valence-corrected chi connectivity index (χ0v) is 28.9. The number of hydrogen-bond acceptors (Lipinski definition) is 7. The van der Waals surface area contributed by atoms with Crippen LogP contribution in [0.4, 0.5) is 0 Å². The first-order valence-corrected chi connectivity index (χ1v) is 16.1. The van der Waals surface area contributed by atoms with Crippen molar-refractivity contribution < 1.29 is 46.2 Å². The standard InChI is InChI=1S/C32H59NO6.V/c1-14-26-31(9,10)27(34)19(3)15-18(2)17-32(11,36)28(22(6)21(5)23(7)29(35)38-26)39-30-24(8)25(33(12)13)16-20(4)37-30;/h18-28,30,34,36H,14,16-17H2,1-13H3;/t18-,19-,20+,21-,22-,23+,24+,25-,26+,27+,28+,30-,32-;/m0./s1. The molecule has 2 aliphatic heterocycles. The predicted octanol–water partition coefficient (Wildman–Crippen LogP) is 4.84. The maximum absolute atomic E-state index is 13.5. The van der Waals surface area contributed by atoms with Crippen LogP contribution in [0.1, 0.15) is 95.4 Å². The van der Waals surface area contributed by atoms with Gasteiger partial charge in [-0.3, -0.25) is 0 Å².